The quantitative estimate of drug-likeness (QED) is 0.626. The van der Waals surface area contributed by atoms with Crippen molar-refractivity contribution in [2.24, 2.45) is 0 Å². The van der Waals surface area contributed by atoms with E-state index in [0.29, 0.717) is 13.2 Å². The van der Waals surface area contributed by atoms with Crippen LogP contribution in [0.15, 0.2) is 42.5 Å². The van der Waals surface area contributed by atoms with Crippen molar-refractivity contribution in [1.29, 1.82) is 0 Å². The van der Waals surface area contributed by atoms with Crippen molar-refractivity contribution in [3.8, 4) is 0 Å². The molecule has 96 valence electrons. The van der Waals surface area contributed by atoms with Gasteiger partial charge in [-0.25, -0.2) is 0 Å². The van der Waals surface area contributed by atoms with Crippen LogP contribution in [0.25, 0.3) is 10.8 Å². The summed E-state index contributed by atoms with van der Waals surface area (Å²) in [6, 6.07) is 14.8. The normalized spacial score (nSPS) is 12.8. The van der Waals surface area contributed by atoms with Gasteiger partial charge in [-0.1, -0.05) is 42.5 Å². The molecule has 18 heavy (non-hydrogen) atoms. The minimum Gasteiger partial charge on any atom is -0.382 e. The Hall–Kier alpha value is -1.42. The number of fused-ring (bicyclic) bond motifs is 1. The summed E-state index contributed by atoms with van der Waals surface area (Å²) in [5, 5.41) is 2.51. The summed E-state index contributed by atoms with van der Waals surface area (Å²) in [7, 11) is 1.66. The van der Waals surface area contributed by atoms with Gasteiger partial charge in [0, 0.05) is 7.11 Å². The molecule has 0 heterocycles. The average Bonchev–Trinajstić information content (AvgIpc) is 2.43. The molecule has 1 N–H and O–H groups in total. The first-order valence-corrected chi connectivity index (χ1v) is 6.17. The molecule has 2 aromatic carbocycles. The Morgan fingerprint density at radius 3 is 2.67 bits per heavy atom. The summed E-state index contributed by atoms with van der Waals surface area (Å²) in [5.41, 5.74) is 4.29. The van der Waals surface area contributed by atoms with E-state index in [1.54, 1.807) is 7.11 Å². The van der Waals surface area contributed by atoms with E-state index < -0.39 is 0 Å². The number of hydroxylamine groups is 1. The van der Waals surface area contributed by atoms with Crippen LogP contribution in [0.4, 0.5) is 0 Å². The van der Waals surface area contributed by atoms with Crippen LogP contribution in [0.3, 0.4) is 0 Å². The van der Waals surface area contributed by atoms with Crippen molar-refractivity contribution >= 4 is 10.8 Å². The molecule has 1 unspecified atom stereocenters. The third kappa shape index (κ3) is 3.07. The fourth-order valence-electron chi connectivity index (χ4n) is 2.00. The van der Waals surface area contributed by atoms with E-state index in [0.717, 1.165) is 0 Å². The van der Waals surface area contributed by atoms with Crippen molar-refractivity contribution < 1.29 is 9.57 Å². The molecule has 0 bridgehead atoms. The van der Waals surface area contributed by atoms with Crippen molar-refractivity contribution in [3.05, 3.63) is 48.0 Å². The molecule has 0 aliphatic heterocycles. The van der Waals surface area contributed by atoms with Gasteiger partial charge in [-0.3, -0.25) is 4.84 Å². The number of nitrogens with one attached hydrogen (secondary N) is 1. The van der Waals surface area contributed by atoms with Gasteiger partial charge in [0.25, 0.3) is 0 Å². The molecule has 2 aromatic rings. The van der Waals surface area contributed by atoms with Crippen molar-refractivity contribution in [2.45, 2.75) is 13.0 Å². The van der Waals surface area contributed by atoms with E-state index in [1.165, 1.54) is 16.3 Å². The molecule has 0 aliphatic rings. The number of hydrogen-bond acceptors (Lipinski definition) is 3. The number of methoxy groups -OCH3 is 1. The number of benzene rings is 2. The minimum atomic E-state index is 0.146. The zero-order valence-corrected chi connectivity index (χ0v) is 10.8. The molecule has 0 radical (unpaired) electrons. The smallest absolute Gasteiger partial charge is 0.0916 e. The molecule has 1 atom stereocenters. The molecule has 0 aromatic heterocycles. The van der Waals surface area contributed by atoms with Crippen LogP contribution in [0.2, 0.25) is 0 Å². The van der Waals surface area contributed by atoms with E-state index in [1.807, 2.05) is 0 Å². The van der Waals surface area contributed by atoms with E-state index >= 15 is 0 Å². The highest BCUT2D eigenvalue weighted by molar-refractivity contribution is 5.86. The van der Waals surface area contributed by atoms with Gasteiger partial charge in [0.15, 0.2) is 0 Å². The molecule has 3 nitrogen and oxygen atoms in total. The van der Waals surface area contributed by atoms with Crippen LogP contribution in [-0.2, 0) is 9.57 Å². The second-order valence-electron chi connectivity index (χ2n) is 4.25. The lowest BCUT2D eigenvalue weighted by atomic mass is 10.0. The Bertz CT molecular complexity index is 493. The van der Waals surface area contributed by atoms with Crippen LogP contribution in [0.1, 0.15) is 18.5 Å². The lowest BCUT2D eigenvalue weighted by Crippen LogP contribution is -2.21. The standard InChI is InChI=1S/C15H19NO2/c1-12(16-18-11-10-17-2)14-9-5-7-13-6-3-4-8-15(13)14/h3-9,12,16H,10-11H2,1-2H3. The van der Waals surface area contributed by atoms with Crippen LogP contribution >= 0.6 is 0 Å². The molecule has 0 amide bonds. The molecule has 0 aliphatic carbocycles. The molecule has 2 rings (SSSR count). The zero-order valence-electron chi connectivity index (χ0n) is 10.8. The number of ether oxygens (including phenoxy) is 1. The zero-order chi connectivity index (χ0) is 12.8. The highest BCUT2D eigenvalue weighted by atomic mass is 16.7. The molecule has 0 spiro atoms. The monoisotopic (exact) mass is 245 g/mol. The summed E-state index contributed by atoms with van der Waals surface area (Å²) < 4.78 is 4.93. The SMILES string of the molecule is COCCONC(C)c1cccc2ccccc12. The Kier molecular flexibility index (Phi) is 4.70. The van der Waals surface area contributed by atoms with Gasteiger partial charge in [0.05, 0.1) is 19.3 Å². The van der Waals surface area contributed by atoms with Gasteiger partial charge in [-0.05, 0) is 23.3 Å². The lowest BCUT2D eigenvalue weighted by molar-refractivity contribution is -0.00902. The number of rotatable bonds is 6. The van der Waals surface area contributed by atoms with Gasteiger partial charge < -0.3 is 4.74 Å². The van der Waals surface area contributed by atoms with Crippen LogP contribution in [-0.4, -0.2) is 20.3 Å². The van der Waals surface area contributed by atoms with E-state index in [2.05, 4.69) is 54.9 Å². The van der Waals surface area contributed by atoms with E-state index in [4.69, 9.17) is 9.57 Å². The highest BCUT2D eigenvalue weighted by Crippen LogP contribution is 2.23. The van der Waals surface area contributed by atoms with Crippen LogP contribution in [0, 0.1) is 0 Å². The fraction of sp³-hybridized carbons (Fsp3) is 0.333. The predicted molar refractivity (Wildman–Crippen MR) is 73.3 cm³/mol. The topological polar surface area (TPSA) is 30.5 Å². The molecule has 0 fully saturated rings. The first-order valence-electron chi connectivity index (χ1n) is 6.17. The minimum absolute atomic E-state index is 0.146. The molecular formula is C15H19NO2. The van der Waals surface area contributed by atoms with Crippen molar-refractivity contribution in [3.63, 3.8) is 0 Å². The summed E-state index contributed by atoms with van der Waals surface area (Å²) in [4.78, 5) is 5.36. The molecule has 3 heteroatoms. The Labute approximate surface area is 108 Å². The Morgan fingerprint density at radius 2 is 1.83 bits per heavy atom. The lowest BCUT2D eigenvalue weighted by Gasteiger charge is -2.16. The number of hydrogen-bond donors (Lipinski definition) is 1. The average molecular weight is 245 g/mol. The summed E-state index contributed by atoms with van der Waals surface area (Å²) in [6.07, 6.45) is 0. The molecular weight excluding hydrogens is 226 g/mol. The molecule has 0 saturated carbocycles. The summed E-state index contributed by atoms with van der Waals surface area (Å²) in [5.74, 6) is 0. The largest absolute Gasteiger partial charge is 0.382 e. The first kappa shape index (κ1) is 13.0. The van der Waals surface area contributed by atoms with Gasteiger partial charge in [0.1, 0.15) is 0 Å². The second kappa shape index (κ2) is 6.50. The Balaban J connectivity index is 2.10. The Morgan fingerprint density at radius 1 is 1.06 bits per heavy atom. The maximum Gasteiger partial charge on any atom is 0.0916 e. The summed E-state index contributed by atoms with van der Waals surface area (Å²) >= 11 is 0. The van der Waals surface area contributed by atoms with Crippen molar-refractivity contribution in [1.82, 2.24) is 5.48 Å². The fourth-order valence-corrected chi connectivity index (χ4v) is 2.00. The third-order valence-corrected chi connectivity index (χ3v) is 2.94. The van der Waals surface area contributed by atoms with E-state index in [9.17, 15) is 0 Å². The second-order valence-corrected chi connectivity index (χ2v) is 4.25. The first-order chi connectivity index (χ1) is 8.83. The maximum atomic E-state index is 5.36. The van der Waals surface area contributed by atoms with Crippen molar-refractivity contribution in [2.75, 3.05) is 20.3 Å². The van der Waals surface area contributed by atoms with E-state index in [-0.39, 0.29) is 6.04 Å². The van der Waals surface area contributed by atoms with Gasteiger partial charge >= 0.3 is 0 Å². The van der Waals surface area contributed by atoms with Crippen LogP contribution in [0.5, 0.6) is 0 Å². The predicted octanol–water partition coefficient (Wildman–Crippen LogP) is 3.07. The van der Waals surface area contributed by atoms with Gasteiger partial charge in [-0.2, -0.15) is 5.48 Å². The molecule has 0 saturated heterocycles. The van der Waals surface area contributed by atoms with Crippen LogP contribution < -0.4 is 5.48 Å². The third-order valence-electron chi connectivity index (χ3n) is 2.94. The van der Waals surface area contributed by atoms with Gasteiger partial charge in [-0.15, -0.1) is 0 Å². The summed E-state index contributed by atoms with van der Waals surface area (Å²) in [6.45, 7) is 3.23. The maximum absolute atomic E-state index is 5.36. The highest BCUT2D eigenvalue weighted by Gasteiger charge is 2.08. The van der Waals surface area contributed by atoms with Gasteiger partial charge in [0.2, 0.25) is 0 Å².